The van der Waals surface area contributed by atoms with Crippen molar-refractivity contribution in [3.8, 4) is 17.2 Å². The van der Waals surface area contributed by atoms with E-state index in [0.717, 1.165) is 56.4 Å². The molecule has 1 unspecified atom stereocenters. The maximum absolute atomic E-state index is 13.9. The van der Waals surface area contributed by atoms with Crippen molar-refractivity contribution in [3.63, 3.8) is 0 Å². The molecule has 3 atom stereocenters. The van der Waals surface area contributed by atoms with Gasteiger partial charge in [0.1, 0.15) is 34.0 Å². The normalized spacial score (nSPS) is 19.9. The molecule has 4 fully saturated rings. The van der Waals surface area contributed by atoms with E-state index < -0.39 is 24.7 Å². The highest BCUT2D eigenvalue weighted by Gasteiger charge is 2.38. The molecule has 56 heavy (non-hydrogen) atoms. The number of aromatic nitrogens is 1. The Balaban J connectivity index is 1.10. The molecular formula is C42H44Cl2F2N3O7+. The number of rotatable bonds is 17. The van der Waals surface area contributed by atoms with Crippen LogP contribution >= 0.6 is 23.2 Å². The van der Waals surface area contributed by atoms with E-state index in [1.807, 2.05) is 18.2 Å². The molecule has 0 spiro atoms. The van der Waals surface area contributed by atoms with Gasteiger partial charge in [0.05, 0.1) is 19.3 Å². The Morgan fingerprint density at radius 2 is 1.66 bits per heavy atom. The van der Waals surface area contributed by atoms with Gasteiger partial charge >= 0.3 is 18.6 Å². The van der Waals surface area contributed by atoms with Gasteiger partial charge in [-0.05, 0) is 104 Å². The fraction of sp³-hybridized carbons (Fsp3) is 0.405. The number of nitrogens with one attached hydrogen (secondary N) is 2. The maximum Gasteiger partial charge on any atom is 0.387 e. The number of piperidine rings is 3. The number of carbonyl (C=O) groups excluding carboxylic acids is 2. The minimum absolute atomic E-state index is 0.0711. The molecule has 4 heterocycles. The van der Waals surface area contributed by atoms with Crippen LogP contribution in [0.4, 0.5) is 8.78 Å². The van der Waals surface area contributed by atoms with Crippen LogP contribution in [0.1, 0.15) is 70.4 Å². The number of esters is 2. The topological polar surface area (TPSA) is 110 Å². The fourth-order valence-electron chi connectivity index (χ4n) is 7.23. The molecule has 3 aliphatic heterocycles. The number of nitrogens with zero attached hydrogens (tertiary/aromatic N) is 1. The van der Waals surface area contributed by atoms with Gasteiger partial charge in [0.2, 0.25) is 0 Å². The van der Waals surface area contributed by atoms with Gasteiger partial charge in [-0.1, -0.05) is 53.5 Å². The molecule has 296 valence electrons. The summed E-state index contributed by atoms with van der Waals surface area (Å²) in [5.74, 6) is 0.333. The number of halogens is 4. The van der Waals surface area contributed by atoms with Crippen molar-refractivity contribution < 1.29 is 47.0 Å². The van der Waals surface area contributed by atoms with Crippen LogP contribution < -0.4 is 24.5 Å². The Labute approximate surface area is 334 Å². The second-order valence-electron chi connectivity index (χ2n) is 14.5. The zero-order valence-corrected chi connectivity index (χ0v) is 32.4. The average Bonchev–Trinajstić information content (AvgIpc) is 4.04. The number of pyridine rings is 1. The Bertz CT molecular complexity index is 1970. The summed E-state index contributed by atoms with van der Waals surface area (Å²) in [6.07, 6.45) is 6.10. The molecule has 1 aromatic heterocycles. The number of benzene rings is 3. The predicted molar refractivity (Wildman–Crippen MR) is 204 cm³/mol. The van der Waals surface area contributed by atoms with Crippen molar-refractivity contribution in [2.24, 2.45) is 11.8 Å². The van der Waals surface area contributed by atoms with E-state index in [1.54, 1.807) is 62.0 Å². The van der Waals surface area contributed by atoms with Crippen LogP contribution in [-0.2, 0) is 27.2 Å². The minimum Gasteiger partial charge on any atom is -0.497 e. The lowest BCUT2D eigenvalue weighted by atomic mass is 9.86. The highest BCUT2D eigenvalue weighted by atomic mass is 35.5. The summed E-state index contributed by atoms with van der Waals surface area (Å²) in [4.78, 5) is 32.9. The van der Waals surface area contributed by atoms with Gasteiger partial charge in [-0.25, -0.2) is 14.6 Å². The SMILES string of the molecule is COc1ccc(C(NCc2cccc(C(=O)O[C@@H](Cc3c(Cl)c[nH+]cc3Cl)c3ccc(OC(F)F)c(OCC4CC4)c3)c2)C(=O)O[C@H]2CN3CCC2CC3)cc1. The molecule has 2 N–H and O–H groups in total. The monoisotopic (exact) mass is 810 g/mol. The summed E-state index contributed by atoms with van der Waals surface area (Å²) in [6.45, 7) is 0.319. The fourth-order valence-corrected chi connectivity index (χ4v) is 7.76. The van der Waals surface area contributed by atoms with Crippen LogP contribution in [0.5, 0.6) is 17.2 Å². The van der Waals surface area contributed by atoms with Crippen molar-refractivity contribution in [3.05, 3.63) is 117 Å². The van der Waals surface area contributed by atoms with E-state index in [9.17, 15) is 18.4 Å². The highest BCUT2D eigenvalue weighted by molar-refractivity contribution is 6.35. The molecule has 3 aromatic carbocycles. The van der Waals surface area contributed by atoms with Crippen LogP contribution in [0.2, 0.25) is 10.0 Å². The van der Waals surface area contributed by atoms with Crippen molar-refractivity contribution in [1.82, 2.24) is 10.2 Å². The third-order valence-corrected chi connectivity index (χ3v) is 11.3. The van der Waals surface area contributed by atoms with Gasteiger partial charge < -0.3 is 23.7 Å². The van der Waals surface area contributed by atoms with Crippen molar-refractivity contribution in [2.75, 3.05) is 33.4 Å². The van der Waals surface area contributed by atoms with Gasteiger partial charge in [-0.2, -0.15) is 8.78 Å². The van der Waals surface area contributed by atoms with E-state index in [2.05, 4.69) is 15.2 Å². The molecular weight excluding hydrogens is 767 g/mol. The second kappa shape index (κ2) is 18.2. The number of methoxy groups -OCH3 is 1. The quantitative estimate of drug-likeness (QED) is 0.107. The first-order valence-corrected chi connectivity index (χ1v) is 19.5. The van der Waals surface area contributed by atoms with Crippen LogP contribution in [-0.4, -0.2) is 62.9 Å². The molecule has 4 aromatic rings. The first-order chi connectivity index (χ1) is 27.1. The zero-order chi connectivity index (χ0) is 39.2. The van der Waals surface area contributed by atoms with Gasteiger partial charge in [-0.15, -0.1) is 0 Å². The largest absolute Gasteiger partial charge is 0.497 e. The molecule has 0 amide bonds. The Morgan fingerprint density at radius 3 is 2.32 bits per heavy atom. The zero-order valence-electron chi connectivity index (χ0n) is 30.9. The van der Waals surface area contributed by atoms with Crippen molar-refractivity contribution >= 4 is 35.1 Å². The van der Waals surface area contributed by atoms with Gasteiger partial charge in [0, 0.05) is 25.1 Å². The number of hydrogen-bond acceptors (Lipinski definition) is 9. The van der Waals surface area contributed by atoms with Gasteiger partial charge in [-0.3, -0.25) is 10.2 Å². The third-order valence-electron chi connectivity index (χ3n) is 10.6. The van der Waals surface area contributed by atoms with Crippen molar-refractivity contribution in [1.29, 1.82) is 0 Å². The van der Waals surface area contributed by atoms with E-state index >= 15 is 0 Å². The Hall–Kier alpha value is -4.49. The molecule has 1 aliphatic carbocycles. The lowest BCUT2D eigenvalue weighted by Gasteiger charge is -2.44. The number of aromatic amines is 1. The molecule has 2 bridgehead atoms. The summed E-state index contributed by atoms with van der Waals surface area (Å²) < 4.78 is 54.9. The number of alkyl halides is 2. The summed E-state index contributed by atoms with van der Waals surface area (Å²) in [7, 11) is 1.58. The van der Waals surface area contributed by atoms with Crippen LogP contribution in [0.3, 0.4) is 0 Å². The first kappa shape index (κ1) is 39.7. The molecule has 3 saturated heterocycles. The minimum atomic E-state index is -3.06. The van der Waals surface area contributed by atoms with E-state index in [-0.39, 0.29) is 42.1 Å². The average molecular weight is 812 g/mol. The Kier molecular flexibility index (Phi) is 12.9. The highest BCUT2D eigenvalue weighted by Crippen LogP contribution is 2.38. The van der Waals surface area contributed by atoms with Crippen LogP contribution in [0.25, 0.3) is 0 Å². The maximum atomic E-state index is 13.9. The third kappa shape index (κ3) is 10.1. The molecule has 4 aliphatic rings. The smallest absolute Gasteiger partial charge is 0.387 e. The molecule has 10 nitrogen and oxygen atoms in total. The van der Waals surface area contributed by atoms with Gasteiger partial charge in [0.15, 0.2) is 23.9 Å². The summed E-state index contributed by atoms with van der Waals surface area (Å²) in [5, 5.41) is 4.01. The lowest BCUT2D eigenvalue weighted by molar-refractivity contribution is -0.377. The summed E-state index contributed by atoms with van der Waals surface area (Å²) >= 11 is 13.0. The molecule has 14 heteroatoms. The number of hydrogen-bond donors (Lipinski definition) is 1. The summed E-state index contributed by atoms with van der Waals surface area (Å²) in [6, 6.07) is 17.9. The Morgan fingerprint density at radius 1 is 0.929 bits per heavy atom. The first-order valence-electron chi connectivity index (χ1n) is 18.8. The molecule has 1 saturated carbocycles. The summed E-state index contributed by atoms with van der Waals surface area (Å²) in [5.41, 5.74) is 2.68. The van der Waals surface area contributed by atoms with E-state index in [1.165, 1.54) is 6.07 Å². The van der Waals surface area contributed by atoms with Crippen LogP contribution in [0, 0.1) is 11.8 Å². The second-order valence-corrected chi connectivity index (χ2v) is 15.3. The lowest BCUT2D eigenvalue weighted by Crippen LogP contribution is -2.52. The number of fused-ring (bicyclic) bond motifs is 3. The van der Waals surface area contributed by atoms with E-state index in [0.29, 0.717) is 45.4 Å². The van der Waals surface area contributed by atoms with Crippen molar-refractivity contribution in [2.45, 2.75) is 63.5 Å². The molecule has 8 rings (SSSR count). The molecule has 0 radical (unpaired) electrons. The number of carbonyl (C=O) groups is 2. The number of ether oxygens (including phenoxy) is 5. The number of H-pyrrole nitrogens is 1. The van der Waals surface area contributed by atoms with Crippen LogP contribution in [0.15, 0.2) is 79.1 Å². The van der Waals surface area contributed by atoms with E-state index in [4.69, 9.17) is 46.9 Å². The van der Waals surface area contributed by atoms with Gasteiger partial charge in [0.25, 0.3) is 0 Å². The standard InChI is InChI=1S/C42H43Cl2F2N3O7/c1-52-31-10-7-28(8-11-31)39(41(51)55-38-23-49-15-13-27(38)14-16-49)48-20-26-3-2-4-30(17-26)40(50)54-36(19-32-33(43)21-47-22-34(32)44)29-9-12-35(56-42(45)46)37(18-29)53-24-25-5-6-25/h2-4,7-12,17-18,21-22,25,27,36,38-39,42,48H,5-6,13-16,19-20,23-24H2,1H3/p+1/t36-,38-,39?/m0/s1. The predicted octanol–water partition coefficient (Wildman–Crippen LogP) is 7.82.